The summed E-state index contributed by atoms with van der Waals surface area (Å²) in [6.07, 6.45) is 4.99. The maximum absolute atomic E-state index is 13.5. The van der Waals surface area contributed by atoms with Crippen LogP contribution in [0.15, 0.2) is 24.4 Å². The van der Waals surface area contributed by atoms with Gasteiger partial charge in [-0.15, -0.1) is 0 Å². The molecule has 0 spiro atoms. The first-order valence-electron chi connectivity index (χ1n) is 12.5. The van der Waals surface area contributed by atoms with Crippen LogP contribution in [0.1, 0.15) is 79.6 Å². The molecule has 4 rings (SSSR count). The fourth-order valence-electron chi connectivity index (χ4n) is 4.93. The van der Waals surface area contributed by atoms with Crippen LogP contribution in [0.2, 0.25) is 0 Å². The summed E-state index contributed by atoms with van der Waals surface area (Å²) in [7, 11) is 0. The van der Waals surface area contributed by atoms with Gasteiger partial charge in [0.25, 0.3) is 5.91 Å². The summed E-state index contributed by atoms with van der Waals surface area (Å²) < 4.78 is 12.2. The van der Waals surface area contributed by atoms with Gasteiger partial charge < -0.3 is 19.5 Å². The second kappa shape index (κ2) is 9.57. The highest BCUT2D eigenvalue weighted by molar-refractivity contribution is 6.01. The van der Waals surface area contributed by atoms with Crippen molar-refractivity contribution in [3.63, 3.8) is 0 Å². The number of aryl methyl sites for hydroxylation is 1. The Labute approximate surface area is 203 Å². The number of ether oxygens (including phenoxy) is 2. The van der Waals surface area contributed by atoms with Crippen molar-refractivity contribution in [3.8, 4) is 11.6 Å². The van der Waals surface area contributed by atoms with E-state index in [0.29, 0.717) is 48.8 Å². The van der Waals surface area contributed by atoms with Gasteiger partial charge in [0.05, 0.1) is 23.8 Å². The Morgan fingerprint density at radius 3 is 2.62 bits per heavy atom. The molecule has 2 heterocycles. The lowest BCUT2D eigenvalue weighted by Crippen LogP contribution is -2.51. The van der Waals surface area contributed by atoms with Crippen LogP contribution in [0.4, 0.5) is 0 Å². The van der Waals surface area contributed by atoms with Crippen molar-refractivity contribution in [2.75, 3.05) is 6.61 Å². The molecule has 0 bridgehead atoms. The van der Waals surface area contributed by atoms with Gasteiger partial charge in [-0.25, -0.2) is 4.98 Å². The maximum atomic E-state index is 13.5. The number of benzene rings is 1. The van der Waals surface area contributed by atoms with Gasteiger partial charge in [0.15, 0.2) is 0 Å². The highest BCUT2D eigenvalue weighted by Gasteiger charge is 2.48. The van der Waals surface area contributed by atoms with E-state index in [0.717, 1.165) is 41.5 Å². The summed E-state index contributed by atoms with van der Waals surface area (Å²) in [5.41, 5.74) is 3.66. The number of fused-ring (bicyclic) bond motifs is 1. The van der Waals surface area contributed by atoms with Gasteiger partial charge in [0, 0.05) is 23.9 Å². The van der Waals surface area contributed by atoms with Gasteiger partial charge in [0.1, 0.15) is 12.4 Å². The van der Waals surface area contributed by atoms with Gasteiger partial charge in [-0.1, -0.05) is 32.4 Å². The summed E-state index contributed by atoms with van der Waals surface area (Å²) in [5.74, 6) is 2.01. The highest BCUT2D eigenvalue weighted by Crippen LogP contribution is 2.44. The number of rotatable bonds is 10. The zero-order valence-corrected chi connectivity index (χ0v) is 21.4. The first-order valence-corrected chi connectivity index (χ1v) is 12.5. The van der Waals surface area contributed by atoms with Gasteiger partial charge in [-0.05, 0) is 69.6 Å². The molecule has 2 aliphatic rings. The number of hydrogen-bond donors (Lipinski definition) is 1. The molecule has 2 atom stereocenters. The number of aromatic nitrogens is 1. The SMILES string of the molecule is CCC(C)COc1ncc(C)c(COc2cccc3c2C(=O)N(C(C2CC2)C(C)(C)O)C3)c1C. The van der Waals surface area contributed by atoms with Crippen LogP contribution in [0.25, 0.3) is 0 Å². The van der Waals surface area contributed by atoms with Crippen molar-refractivity contribution < 1.29 is 19.4 Å². The Morgan fingerprint density at radius 1 is 1.24 bits per heavy atom. The van der Waals surface area contributed by atoms with Gasteiger partial charge in [0.2, 0.25) is 5.88 Å². The van der Waals surface area contributed by atoms with Gasteiger partial charge >= 0.3 is 0 Å². The fraction of sp³-hybridized carbons (Fsp3) is 0.571. The summed E-state index contributed by atoms with van der Waals surface area (Å²) >= 11 is 0. The number of hydrogen-bond acceptors (Lipinski definition) is 5. The van der Waals surface area contributed by atoms with Crippen LogP contribution in [0.3, 0.4) is 0 Å². The van der Waals surface area contributed by atoms with Gasteiger partial charge in [-0.3, -0.25) is 4.79 Å². The molecule has 0 radical (unpaired) electrons. The van der Waals surface area contributed by atoms with E-state index in [2.05, 4.69) is 18.8 Å². The molecular weight excluding hydrogens is 428 g/mol. The number of pyridine rings is 1. The van der Waals surface area contributed by atoms with E-state index >= 15 is 0 Å². The summed E-state index contributed by atoms with van der Waals surface area (Å²) in [6.45, 7) is 13.4. The third-order valence-corrected chi connectivity index (χ3v) is 7.25. The van der Waals surface area contributed by atoms with E-state index in [4.69, 9.17) is 9.47 Å². The van der Waals surface area contributed by atoms with E-state index in [1.807, 2.05) is 43.1 Å². The van der Waals surface area contributed by atoms with E-state index in [1.54, 1.807) is 13.8 Å². The number of nitrogens with zero attached hydrogens (tertiary/aromatic N) is 2. The number of aliphatic hydroxyl groups is 1. The molecule has 1 fully saturated rings. The van der Waals surface area contributed by atoms with Crippen molar-refractivity contribution >= 4 is 5.91 Å². The minimum atomic E-state index is -0.948. The van der Waals surface area contributed by atoms with Crippen molar-refractivity contribution in [2.24, 2.45) is 11.8 Å². The molecule has 0 saturated heterocycles. The lowest BCUT2D eigenvalue weighted by Gasteiger charge is -2.37. The summed E-state index contributed by atoms with van der Waals surface area (Å²) in [5, 5.41) is 10.8. The molecular formula is C28H38N2O4. The standard InChI is InChI=1S/C28H38N2O4/c1-7-17(2)15-34-26-19(4)22(18(3)13-29-26)16-33-23-10-8-9-21-14-30(27(31)24(21)23)25(20-11-12-20)28(5,6)32/h8-10,13,17,20,25,32H,7,11-12,14-16H2,1-6H3. The maximum Gasteiger partial charge on any atom is 0.258 e. The Kier molecular flexibility index (Phi) is 6.90. The smallest absolute Gasteiger partial charge is 0.258 e. The largest absolute Gasteiger partial charge is 0.488 e. The molecule has 6 heteroatoms. The van der Waals surface area contributed by atoms with Crippen molar-refractivity contribution in [2.45, 2.75) is 85.6 Å². The van der Waals surface area contributed by atoms with Crippen molar-refractivity contribution in [1.29, 1.82) is 0 Å². The van der Waals surface area contributed by atoms with Crippen LogP contribution >= 0.6 is 0 Å². The summed E-state index contributed by atoms with van der Waals surface area (Å²) in [4.78, 5) is 19.8. The molecule has 1 aromatic heterocycles. The summed E-state index contributed by atoms with van der Waals surface area (Å²) in [6, 6.07) is 5.60. The molecule has 1 aromatic carbocycles. The fourth-order valence-corrected chi connectivity index (χ4v) is 4.93. The number of amides is 1. The predicted molar refractivity (Wildman–Crippen MR) is 132 cm³/mol. The first-order chi connectivity index (χ1) is 16.1. The van der Waals surface area contributed by atoms with E-state index in [1.165, 1.54) is 0 Å². The number of carbonyl (C=O) groups excluding carboxylic acids is 1. The second-order valence-corrected chi connectivity index (χ2v) is 10.6. The van der Waals surface area contributed by atoms with Crippen LogP contribution in [0.5, 0.6) is 11.6 Å². The molecule has 1 saturated carbocycles. The molecule has 2 unspecified atom stereocenters. The van der Waals surface area contributed by atoms with Crippen LogP contribution in [-0.4, -0.2) is 39.1 Å². The molecule has 1 aliphatic carbocycles. The lowest BCUT2D eigenvalue weighted by molar-refractivity contribution is -0.0224. The predicted octanol–water partition coefficient (Wildman–Crippen LogP) is 5.21. The molecule has 184 valence electrons. The van der Waals surface area contributed by atoms with E-state index < -0.39 is 5.60 Å². The topological polar surface area (TPSA) is 71.9 Å². The second-order valence-electron chi connectivity index (χ2n) is 10.6. The molecule has 6 nitrogen and oxygen atoms in total. The molecule has 1 N–H and O–H groups in total. The first kappa shape index (κ1) is 24.5. The number of carbonyl (C=O) groups is 1. The molecule has 2 aromatic rings. The van der Waals surface area contributed by atoms with Crippen LogP contribution in [0, 0.1) is 25.7 Å². The average molecular weight is 467 g/mol. The zero-order valence-electron chi connectivity index (χ0n) is 21.4. The Balaban J connectivity index is 1.54. The monoisotopic (exact) mass is 466 g/mol. The normalized spacial score (nSPS) is 17.5. The van der Waals surface area contributed by atoms with E-state index in [-0.39, 0.29) is 11.9 Å². The third kappa shape index (κ3) is 4.92. The molecule has 1 aliphatic heterocycles. The minimum Gasteiger partial charge on any atom is -0.488 e. The Bertz CT molecular complexity index is 1060. The lowest BCUT2D eigenvalue weighted by atomic mass is 9.93. The highest BCUT2D eigenvalue weighted by atomic mass is 16.5. The Morgan fingerprint density at radius 2 is 1.97 bits per heavy atom. The van der Waals surface area contributed by atoms with Gasteiger partial charge in [-0.2, -0.15) is 0 Å². The van der Waals surface area contributed by atoms with Crippen LogP contribution in [-0.2, 0) is 13.2 Å². The minimum absolute atomic E-state index is 0.0506. The zero-order chi connectivity index (χ0) is 24.6. The van der Waals surface area contributed by atoms with E-state index in [9.17, 15) is 9.90 Å². The van der Waals surface area contributed by atoms with Crippen LogP contribution < -0.4 is 9.47 Å². The Hall–Kier alpha value is -2.60. The molecule has 34 heavy (non-hydrogen) atoms. The average Bonchev–Trinajstić information content (AvgIpc) is 3.55. The quantitative estimate of drug-likeness (QED) is 0.521. The third-order valence-electron chi connectivity index (χ3n) is 7.25. The van der Waals surface area contributed by atoms with Crippen molar-refractivity contribution in [1.82, 2.24) is 9.88 Å². The van der Waals surface area contributed by atoms with Crippen molar-refractivity contribution in [3.05, 3.63) is 52.2 Å². The molecule has 1 amide bonds.